The van der Waals surface area contributed by atoms with E-state index in [1.165, 1.54) is 153 Å². The number of likely N-dealkylation sites (tertiary alicyclic amines) is 7. The molecule has 21 rings (SSSR count). The number of nitrogens with one attached hydrogen (secondary N) is 3. The predicted octanol–water partition coefficient (Wildman–Crippen LogP) is 13.1. The number of piperazine rings is 2. The van der Waals surface area contributed by atoms with E-state index < -0.39 is 12.0 Å². The second-order valence-electron chi connectivity index (χ2n) is 46.6. The van der Waals surface area contributed by atoms with Crippen molar-refractivity contribution in [1.82, 2.24) is 110 Å². The quantitative estimate of drug-likeness (QED) is 0.0922. The average Bonchev–Trinajstić information content (AvgIpc) is 1.71. The summed E-state index contributed by atoms with van der Waals surface area (Å²) in [6.07, 6.45) is 24.9. The maximum absolute atomic E-state index is 12.6. The van der Waals surface area contributed by atoms with Crippen LogP contribution in [0.25, 0.3) is 0 Å². The molecule has 0 bridgehead atoms. The number of aromatic nitrogens is 8. The van der Waals surface area contributed by atoms with E-state index in [0.29, 0.717) is 107 Å². The number of piperidine rings is 2. The van der Waals surface area contributed by atoms with Crippen molar-refractivity contribution in [2.75, 3.05) is 194 Å². The van der Waals surface area contributed by atoms with E-state index in [0.717, 1.165) is 187 Å². The van der Waals surface area contributed by atoms with Crippen LogP contribution in [-0.4, -0.2) is 384 Å². The summed E-state index contributed by atoms with van der Waals surface area (Å²) >= 11 is 0. The van der Waals surface area contributed by atoms with Crippen LogP contribution in [0.3, 0.4) is 0 Å². The normalized spacial score (nSPS) is 30.7. The first kappa shape index (κ1) is 116. The number of likely N-dealkylation sites (N-methyl/N-ethyl adjacent to an activating group) is 6. The Morgan fingerprint density at radius 1 is 0.476 bits per heavy atom. The topological polar surface area (TPSA) is 339 Å². The second kappa shape index (κ2) is 53.8. The number of nitrogens with zero attached hydrogens (tertiary/aromatic N) is 19. The van der Waals surface area contributed by atoms with Gasteiger partial charge in [-0.05, 0) is 342 Å². The number of aryl methyl sites for hydroxylation is 4. The van der Waals surface area contributed by atoms with E-state index in [9.17, 15) is 37.5 Å². The van der Waals surface area contributed by atoms with Crippen LogP contribution in [0.5, 0.6) is 0 Å². The number of Topliss-reactive ketones (excluding diaryl/α,β-unsaturated/α-hetero) is 4. The lowest BCUT2D eigenvalue weighted by Gasteiger charge is -2.51. The molecule has 13 atom stereocenters. The van der Waals surface area contributed by atoms with Crippen molar-refractivity contribution >= 4 is 34.9 Å². The molecule has 5 aromatic rings. The Morgan fingerprint density at radius 3 is 1.31 bits per heavy atom. The van der Waals surface area contributed by atoms with Gasteiger partial charge in [0, 0.05) is 177 Å². The number of amides is 2. The lowest BCUT2D eigenvalue weighted by Crippen LogP contribution is -2.53. The van der Waals surface area contributed by atoms with E-state index in [1.54, 1.807) is 39.6 Å². The van der Waals surface area contributed by atoms with Crippen molar-refractivity contribution in [3.05, 3.63) is 82.3 Å². The molecule has 5 aliphatic carbocycles. The zero-order chi connectivity index (χ0) is 104. The van der Waals surface area contributed by atoms with Crippen molar-refractivity contribution in [2.45, 2.75) is 335 Å². The fraction of sp³-hybridized carbons (Fsp3) is 0.815. The van der Waals surface area contributed by atoms with Crippen LogP contribution in [0.15, 0.2) is 42.4 Å². The maximum atomic E-state index is 12.6. The molecule has 2 amide bonds. The SMILES string of the molecule is CC(=O)C1(C)CCCN1C.CC(=O)C1CC(F)(F)CN1C.CC(=O)CN1CC2CN(C)CC2C1.CC(=O)c1ccc(CN2CCC3(CC2)CC(c2nc(C)no2)C3)cc1.CC1CN(C)C(C)CN1C.CC1CN(C)CC(C)N1.CC1CN(C)CC(C)O1.CN1CC2CNCC2C1.Cc1noc(C2CC3(CCCCC3)C2)n1.Cc1noc(C2CCC(NC(=O)C3CC3)CC2)n1.Cc1noc(C2CCN(C)C(=O)C2)n1. The van der Waals surface area contributed by atoms with Crippen LogP contribution in [0.1, 0.15) is 304 Å². The number of halogens is 2. The molecule has 15 heterocycles. The molecule has 1 aromatic carbocycles. The number of carbonyl (C=O) groups excluding carboxylic acids is 6. The second-order valence-corrected chi connectivity index (χ2v) is 46.6. The largest absolute Gasteiger partial charge is 0.373 e. The lowest BCUT2D eigenvalue weighted by atomic mass is 9.56. The lowest BCUT2D eigenvalue weighted by molar-refractivity contribution is -0.132. The fourth-order valence-corrected chi connectivity index (χ4v) is 24.3. The third kappa shape index (κ3) is 35.7. The first-order valence-corrected chi connectivity index (χ1v) is 54.0. The minimum atomic E-state index is -2.68. The molecule has 16 aliphatic rings. The summed E-state index contributed by atoms with van der Waals surface area (Å²) in [7, 11) is 18.5. The van der Waals surface area contributed by atoms with Gasteiger partial charge in [-0.15, -0.1) is 0 Å². The number of ketones is 4. The van der Waals surface area contributed by atoms with Gasteiger partial charge in [0.2, 0.25) is 35.4 Å². The minimum absolute atomic E-state index is 0.111. The van der Waals surface area contributed by atoms with E-state index >= 15 is 0 Å². The number of benzene rings is 1. The highest BCUT2D eigenvalue weighted by Gasteiger charge is 2.51. The monoisotopic (exact) mass is 2000 g/mol. The van der Waals surface area contributed by atoms with Crippen molar-refractivity contribution in [3.8, 4) is 0 Å². The molecule has 4 aromatic heterocycles. The van der Waals surface area contributed by atoms with Crippen LogP contribution in [-0.2, 0) is 35.3 Å². The number of ether oxygens (including phenoxy) is 1. The molecule has 33 nitrogen and oxygen atoms in total. The molecule has 3 N–H and O–H groups in total. The summed E-state index contributed by atoms with van der Waals surface area (Å²) in [6, 6.07) is 10.6. The molecule has 143 heavy (non-hydrogen) atoms. The van der Waals surface area contributed by atoms with Crippen LogP contribution in [0.2, 0.25) is 0 Å². The Balaban J connectivity index is 0.000000153. The van der Waals surface area contributed by atoms with Gasteiger partial charge >= 0.3 is 0 Å². The molecule has 11 aliphatic heterocycles. The van der Waals surface area contributed by atoms with Crippen molar-refractivity contribution < 1.29 is 60.4 Å². The van der Waals surface area contributed by atoms with Crippen LogP contribution in [0.4, 0.5) is 8.78 Å². The van der Waals surface area contributed by atoms with E-state index in [4.69, 9.17) is 22.8 Å². The number of rotatable bonds is 13. The van der Waals surface area contributed by atoms with Gasteiger partial charge in [0.05, 0.1) is 36.9 Å². The van der Waals surface area contributed by atoms with Crippen LogP contribution >= 0.6 is 0 Å². The fourth-order valence-electron chi connectivity index (χ4n) is 24.3. The Labute approximate surface area is 853 Å². The van der Waals surface area contributed by atoms with Gasteiger partial charge in [-0.1, -0.05) is 64.2 Å². The van der Waals surface area contributed by atoms with Gasteiger partial charge in [-0.25, -0.2) is 8.78 Å². The number of morpholine rings is 1. The van der Waals surface area contributed by atoms with Gasteiger partial charge in [0.25, 0.3) is 5.92 Å². The van der Waals surface area contributed by atoms with Gasteiger partial charge in [-0.2, -0.15) is 19.9 Å². The molecule has 2 spiro atoms. The first-order valence-electron chi connectivity index (χ1n) is 54.0. The third-order valence-corrected chi connectivity index (χ3v) is 33.0. The van der Waals surface area contributed by atoms with Gasteiger partial charge < -0.3 is 73.1 Å². The highest BCUT2D eigenvalue weighted by atomic mass is 19.3. The Kier molecular flexibility index (Phi) is 43.6. The highest BCUT2D eigenvalue weighted by Crippen LogP contribution is 2.59. The van der Waals surface area contributed by atoms with Gasteiger partial charge in [0.1, 0.15) is 17.3 Å². The van der Waals surface area contributed by atoms with Crippen molar-refractivity contribution in [3.63, 3.8) is 0 Å². The van der Waals surface area contributed by atoms with Crippen LogP contribution in [0, 0.1) is 68.1 Å². The summed E-state index contributed by atoms with van der Waals surface area (Å²) in [4.78, 5) is 109. The number of hydrogen-bond acceptors (Lipinski definition) is 31. The highest BCUT2D eigenvalue weighted by molar-refractivity contribution is 5.94. The molecular formula is C108H182F2N22O11. The summed E-state index contributed by atoms with van der Waals surface area (Å²) < 4.78 is 51.6. The molecule has 16 fully saturated rings. The summed E-state index contributed by atoms with van der Waals surface area (Å²) in [6.45, 7) is 51.3. The average molecular weight is 2000 g/mol. The molecular weight excluding hydrogens is 1820 g/mol. The zero-order valence-corrected chi connectivity index (χ0v) is 91.8. The Hall–Kier alpha value is -7.26. The van der Waals surface area contributed by atoms with E-state index in [-0.39, 0.29) is 47.8 Å². The van der Waals surface area contributed by atoms with Crippen molar-refractivity contribution in [1.29, 1.82) is 0 Å². The van der Waals surface area contributed by atoms with Crippen LogP contribution < -0.4 is 16.0 Å². The summed E-state index contributed by atoms with van der Waals surface area (Å²) in [5.41, 5.74) is 3.07. The molecule has 5 saturated carbocycles. The molecule has 11 saturated heterocycles. The number of fused-ring (bicyclic) bond motifs is 2. The Morgan fingerprint density at radius 2 is 0.930 bits per heavy atom. The molecule has 35 heteroatoms. The smallest absolute Gasteiger partial charge is 0.262 e. The summed E-state index contributed by atoms with van der Waals surface area (Å²) in [5.74, 6) is 9.60. The number of hydrogen-bond donors (Lipinski definition) is 3. The predicted molar refractivity (Wildman–Crippen MR) is 552 cm³/mol. The third-order valence-electron chi connectivity index (χ3n) is 33.0. The maximum Gasteiger partial charge on any atom is 0.262 e. The summed E-state index contributed by atoms with van der Waals surface area (Å²) in [5, 5.41) is 25.4. The molecule has 0 radical (unpaired) electrons. The zero-order valence-electron chi connectivity index (χ0n) is 91.8. The Bertz CT molecular complexity index is 4600. The number of alkyl halides is 2. The minimum Gasteiger partial charge on any atom is -0.373 e. The van der Waals surface area contributed by atoms with Gasteiger partial charge in [0.15, 0.2) is 29.1 Å². The standard InChI is InChI=1S/C20H25N3O2.C13H19N3O2.C12H18N2O.C10H18N2O.C9H13N3O2.C8H18N2.C8H15NO.C7H11F2NO.C7H14N2.C7H16N2.C7H15NO/c1-14(24)17-5-3-16(4-6-17)13-23-9-7-20(8-10-23)11-18(12-20)19-21-15(2)22-25-19;1-8-14-13(18-16-8)10-4-6-11(7-5-10)15-12(17)9-2-3-9;1-9-13-11(15-14-9)10-7-12(8-10)5-3-2-4-6-12;1-8(13)3-12-6-9-4-11(2)5-10(9)7-12;1-6-10-9(14-11-6)7-3-4-12(2)8(13)5-7;1-7-5-10(4)8(2)6-9(7)3;1-7(10)8(2)5-4-6-9(8)3;1-5(11)6-3-7(8,9)4-10(6)2;1-9-4-6-2-8-3-7(6)5-9;1-6-4-9(3)5-7(2)8-6;1-6-4-8(3)5-7(2)9-6/h3-6,18H,7-13H2,1-2H3;9-11H,2-7H2,1H3,(H,15,17);10H,2-8H2,1H3;9-10H,3-7H2,1-2H3;7H,3-5H2,1-2H3;7-8H,5-6H2,1-4H3;4-6H2,1-3H3;6H,3-4H2,1-2H3;6-8H,2-5H2,1H3;6-8H,4-5H2,1-3H3;6-7H,4-5H2,1-3H3. The number of carbonyl (C=O) groups is 6. The first-order chi connectivity index (χ1) is 67.7. The van der Waals surface area contributed by atoms with E-state index in [2.05, 4.69) is 197 Å². The van der Waals surface area contributed by atoms with Crippen molar-refractivity contribution in [2.24, 2.45) is 40.4 Å². The molecule has 13 unspecified atom stereocenters. The van der Waals surface area contributed by atoms with Gasteiger partial charge in [-0.3, -0.25) is 48.4 Å². The van der Waals surface area contributed by atoms with E-state index in [1.807, 2.05) is 53.9 Å². The molecule has 804 valence electrons.